The number of rotatable bonds is 3. The Labute approximate surface area is 129 Å². The van der Waals surface area contributed by atoms with E-state index in [1.54, 1.807) is 25.5 Å². The normalized spacial score (nSPS) is 16.8. The molecule has 1 aromatic heterocycles. The summed E-state index contributed by atoms with van der Waals surface area (Å²) in [6.45, 7) is 5.14. The number of anilines is 1. The summed E-state index contributed by atoms with van der Waals surface area (Å²) in [5.74, 6) is 0. The van der Waals surface area contributed by atoms with Gasteiger partial charge in [0, 0.05) is 6.20 Å². The maximum absolute atomic E-state index is 13.1. The van der Waals surface area contributed by atoms with Crippen molar-refractivity contribution >= 4 is 11.8 Å². The molecule has 5 nitrogen and oxygen atoms in total. The average Bonchev–Trinajstić information content (AvgIpc) is 2.81. The van der Waals surface area contributed by atoms with Gasteiger partial charge >= 0.3 is 6.09 Å². The van der Waals surface area contributed by atoms with E-state index < -0.39 is 23.8 Å². The van der Waals surface area contributed by atoms with E-state index in [1.807, 2.05) is 0 Å². The summed E-state index contributed by atoms with van der Waals surface area (Å²) in [6, 6.07) is 0.125. The van der Waals surface area contributed by atoms with Crippen molar-refractivity contribution < 1.29 is 18.3 Å². The van der Waals surface area contributed by atoms with Crippen LogP contribution in [0, 0.1) is 0 Å². The zero-order valence-corrected chi connectivity index (χ0v) is 13.2. The zero-order chi connectivity index (χ0) is 16.3. The topological polar surface area (TPSA) is 56.1 Å². The van der Waals surface area contributed by atoms with Crippen LogP contribution >= 0.6 is 0 Å². The highest BCUT2D eigenvalue weighted by atomic mass is 19.3. The molecule has 0 unspecified atom stereocenters. The predicted molar refractivity (Wildman–Crippen MR) is 79.2 cm³/mol. The number of alkyl halides is 2. The van der Waals surface area contributed by atoms with Gasteiger partial charge < -0.3 is 4.74 Å². The Morgan fingerprint density at radius 3 is 2.55 bits per heavy atom. The van der Waals surface area contributed by atoms with Crippen LogP contribution in [-0.2, 0) is 4.74 Å². The molecule has 1 aliphatic carbocycles. The number of aromatic nitrogens is 2. The number of halogens is 2. The second-order valence-electron chi connectivity index (χ2n) is 6.63. The number of hydrogen-bond donors (Lipinski definition) is 1. The molecular weight excluding hydrogens is 292 g/mol. The lowest BCUT2D eigenvalue weighted by Gasteiger charge is -2.21. The van der Waals surface area contributed by atoms with Crippen LogP contribution in [-0.4, -0.2) is 21.5 Å². The average molecular weight is 315 g/mol. The van der Waals surface area contributed by atoms with E-state index in [-0.39, 0.29) is 11.7 Å². The Balaban J connectivity index is 2.15. The fourth-order valence-electron chi connectivity index (χ4n) is 2.61. The predicted octanol–water partition coefficient (Wildman–Crippen LogP) is 4.67. The van der Waals surface area contributed by atoms with Crippen molar-refractivity contribution in [2.45, 2.75) is 70.9 Å². The minimum absolute atomic E-state index is 0.0230. The van der Waals surface area contributed by atoms with Gasteiger partial charge in [0.2, 0.25) is 0 Å². The van der Waals surface area contributed by atoms with Crippen molar-refractivity contribution in [1.82, 2.24) is 9.78 Å². The Morgan fingerprint density at radius 2 is 2.00 bits per heavy atom. The quantitative estimate of drug-likeness (QED) is 0.881. The summed E-state index contributed by atoms with van der Waals surface area (Å²) in [4.78, 5) is 11.8. The summed E-state index contributed by atoms with van der Waals surface area (Å²) in [5.41, 5.74) is -1.07. The minimum Gasteiger partial charge on any atom is -0.444 e. The summed E-state index contributed by atoms with van der Waals surface area (Å²) in [7, 11) is 0. The van der Waals surface area contributed by atoms with Crippen LogP contribution in [0.4, 0.5) is 19.3 Å². The molecule has 1 heterocycles. The largest absolute Gasteiger partial charge is 0.444 e. The Morgan fingerprint density at radius 1 is 1.36 bits per heavy atom. The lowest BCUT2D eigenvalue weighted by atomic mass is 9.96. The third kappa shape index (κ3) is 4.42. The minimum atomic E-state index is -2.74. The van der Waals surface area contributed by atoms with Gasteiger partial charge in [0.15, 0.2) is 5.69 Å². The lowest BCUT2D eigenvalue weighted by Crippen LogP contribution is -2.27. The fraction of sp³-hybridized carbons (Fsp3) is 0.733. The van der Waals surface area contributed by atoms with Gasteiger partial charge in [-0.1, -0.05) is 19.3 Å². The van der Waals surface area contributed by atoms with E-state index >= 15 is 0 Å². The second-order valence-corrected chi connectivity index (χ2v) is 6.63. The number of amides is 1. The molecule has 1 aromatic rings. The third-order valence-corrected chi connectivity index (χ3v) is 3.55. The van der Waals surface area contributed by atoms with E-state index in [0.717, 1.165) is 25.7 Å². The van der Waals surface area contributed by atoms with Crippen molar-refractivity contribution in [2.24, 2.45) is 0 Å². The maximum Gasteiger partial charge on any atom is 0.412 e. The van der Waals surface area contributed by atoms with Crippen molar-refractivity contribution in [2.75, 3.05) is 5.32 Å². The molecule has 1 aliphatic rings. The molecule has 7 heteroatoms. The van der Waals surface area contributed by atoms with Crippen molar-refractivity contribution in [3.8, 4) is 0 Å². The van der Waals surface area contributed by atoms with Gasteiger partial charge in [-0.15, -0.1) is 0 Å². The molecule has 124 valence electrons. The van der Waals surface area contributed by atoms with Crippen molar-refractivity contribution in [3.05, 3.63) is 11.9 Å². The van der Waals surface area contributed by atoms with Crippen molar-refractivity contribution in [1.29, 1.82) is 0 Å². The molecule has 0 saturated heterocycles. The van der Waals surface area contributed by atoms with Gasteiger partial charge in [-0.2, -0.15) is 5.10 Å². The highest BCUT2D eigenvalue weighted by Gasteiger charge is 2.25. The number of hydrogen-bond acceptors (Lipinski definition) is 3. The van der Waals surface area contributed by atoms with Gasteiger partial charge in [-0.25, -0.2) is 13.6 Å². The number of carbonyl (C=O) groups is 1. The van der Waals surface area contributed by atoms with Crippen molar-refractivity contribution in [3.63, 3.8) is 0 Å². The summed E-state index contributed by atoms with van der Waals surface area (Å²) >= 11 is 0. The molecule has 1 N–H and O–H groups in total. The second kappa shape index (κ2) is 6.62. The molecule has 2 rings (SSSR count). The molecule has 22 heavy (non-hydrogen) atoms. The first kappa shape index (κ1) is 16.7. The Kier molecular flexibility index (Phi) is 5.03. The standard InChI is InChI=1S/C15H23F2N3O2/c1-15(2,3)22-14(21)18-11-9-20(19-12(11)13(16)17)10-7-5-4-6-8-10/h9-10,13H,4-8H2,1-3H3,(H,18,21). The lowest BCUT2D eigenvalue weighted by molar-refractivity contribution is 0.0635. The number of nitrogens with one attached hydrogen (secondary N) is 1. The highest BCUT2D eigenvalue weighted by Crippen LogP contribution is 2.32. The molecular formula is C15H23F2N3O2. The van der Waals surface area contributed by atoms with Gasteiger partial charge in [0.25, 0.3) is 6.43 Å². The van der Waals surface area contributed by atoms with Gasteiger partial charge in [-0.3, -0.25) is 10.00 Å². The molecule has 0 aliphatic heterocycles. The Bertz CT molecular complexity index is 517. The van der Waals surface area contributed by atoms with Crippen LogP contribution in [0.5, 0.6) is 0 Å². The van der Waals surface area contributed by atoms with Crippen LogP contribution < -0.4 is 5.32 Å². The molecule has 0 radical (unpaired) electrons. The van der Waals surface area contributed by atoms with E-state index in [2.05, 4.69) is 10.4 Å². The first-order valence-corrected chi connectivity index (χ1v) is 7.63. The van der Waals surface area contributed by atoms with Crippen LogP contribution in [0.3, 0.4) is 0 Å². The van der Waals surface area contributed by atoms with Gasteiger partial charge in [-0.05, 0) is 33.6 Å². The number of nitrogens with zero attached hydrogens (tertiary/aromatic N) is 2. The van der Waals surface area contributed by atoms with E-state index in [1.165, 1.54) is 12.6 Å². The zero-order valence-electron chi connectivity index (χ0n) is 13.2. The van der Waals surface area contributed by atoms with Gasteiger partial charge in [0.05, 0.1) is 11.7 Å². The molecule has 1 amide bonds. The number of ether oxygens (including phenoxy) is 1. The van der Waals surface area contributed by atoms with Crippen LogP contribution in [0.15, 0.2) is 6.20 Å². The molecule has 1 saturated carbocycles. The maximum atomic E-state index is 13.1. The summed E-state index contributed by atoms with van der Waals surface area (Å²) < 4.78 is 32.9. The molecule has 0 bridgehead atoms. The third-order valence-electron chi connectivity index (χ3n) is 3.55. The Hall–Kier alpha value is -1.66. The van der Waals surface area contributed by atoms with E-state index in [9.17, 15) is 13.6 Å². The first-order chi connectivity index (χ1) is 10.3. The monoisotopic (exact) mass is 315 g/mol. The van der Waals surface area contributed by atoms with E-state index in [0.29, 0.717) is 0 Å². The van der Waals surface area contributed by atoms with Crippen LogP contribution in [0.1, 0.15) is 71.0 Å². The SMILES string of the molecule is CC(C)(C)OC(=O)Nc1cn(C2CCCCC2)nc1C(F)F. The van der Waals surface area contributed by atoms with E-state index in [4.69, 9.17) is 4.74 Å². The first-order valence-electron chi connectivity index (χ1n) is 7.63. The fourth-order valence-corrected chi connectivity index (χ4v) is 2.61. The molecule has 0 spiro atoms. The summed E-state index contributed by atoms with van der Waals surface area (Å²) in [5, 5.41) is 6.36. The van der Waals surface area contributed by atoms with Crippen LogP contribution in [0.2, 0.25) is 0 Å². The smallest absolute Gasteiger partial charge is 0.412 e. The number of carbonyl (C=O) groups excluding carboxylic acids is 1. The highest BCUT2D eigenvalue weighted by molar-refractivity contribution is 5.85. The molecule has 0 atom stereocenters. The van der Waals surface area contributed by atoms with Crippen LogP contribution in [0.25, 0.3) is 0 Å². The molecule has 0 aromatic carbocycles. The molecule has 1 fully saturated rings. The van der Waals surface area contributed by atoms with Gasteiger partial charge in [0.1, 0.15) is 5.60 Å². The summed E-state index contributed by atoms with van der Waals surface area (Å²) in [6.07, 6.45) is 3.16.